The molecule has 0 unspecified atom stereocenters. The first-order valence-electron chi connectivity index (χ1n) is 10.4. The molecular formula is C26H30O4. The SMILES string of the molecule is CCc1cc(CCCO)cc(C)c1Oc1ccc(OCc2ccc(OC)cc2)cc1. The minimum absolute atomic E-state index is 0.214. The first-order chi connectivity index (χ1) is 14.6. The van der Waals surface area contributed by atoms with Crippen LogP contribution in [-0.2, 0) is 19.4 Å². The van der Waals surface area contributed by atoms with Gasteiger partial charge in [0.15, 0.2) is 0 Å². The van der Waals surface area contributed by atoms with E-state index in [2.05, 4.69) is 26.0 Å². The first-order valence-corrected chi connectivity index (χ1v) is 10.4. The summed E-state index contributed by atoms with van der Waals surface area (Å²) >= 11 is 0. The van der Waals surface area contributed by atoms with Crippen LogP contribution in [0.15, 0.2) is 60.7 Å². The molecular weight excluding hydrogens is 376 g/mol. The maximum absolute atomic E-state index is 9.08. The molecule has 3 aromatic rings. The summed E-state index contributed by atoms with van der Waals surface area (Å²) in [6.07, 6.45) is 2.55. The van der Waals surface area contributed by atoms with Gasteiger partial charge >= 0.3 is 0 Å². The van der Waals surface area contributed by atoms with E-state index in [1.165, 1.54) is 11.1 Å². The van der Waals surface area contributed by atoms with Crippen LogP contribution in [-0.4, -0.2) is 18.8 Å². The van der Waals surface area contributed by atoms with Gasteiger partial charge in [-0.2, -0.15) is 0 Å². The number of hydrogen-bond donors (Lipinski definition) is 1. The van der Waals surface area contributed by atoms with E-state index in [1.807, 2.05) is 48.5 Å². The summed E-state index contributed by atoms with van der Waals surface area (Å²) in [6.45, 7) is 4.92. The van der Waals surface area contributed by atoms with Crippen LogP contribution in [0.25, 0.3) is 0 Å². The summed E-state index contributed by atoms with van der Waals surface area (Å²) in [5, 5.41) is 9.08. The van der Waals surface area contributed by atoms with Gasteiger partial charge in [-0.25, -0.2) is 0 Å². The molecule has 3 aromatic carbocycles. The van der Waals surface area contributed by atoms with Crippen molar-refractivity contribution in [2.24, 2.45) is 0 Å². The second kappa shape index (κ2) is 10.7. The topological polar surface area (TPSA) is 47.9 Å². The Morgan fingerprint density at radius 2 is 1.50 bits per heavy atom. The van der Waals surface area contributed by atoms with Crippen molar-refractivity contribution in [1.82, 2.24) is 0 Å². The Balaban J connectivity index is 1.64. The third kappa shape index (κ3) is 5.77. The Hall–Kier alpha value is -2.98. The van der Waals surface area contributed by atoms with Gasteiger partial charge in [0.1, 0.15) is 29.6 Å². The average Bonchev–Trinajstić information content (AvgIpc) is 2.78. The Bertz CT molecular complexity index is 930. The molecule has 4 heteroatoms. The van der Waals surface area contributed by atoms with Crippen LogP contribution in [0.3, 0.4) is 0 Å². The highest BCUT2D eigenvalue weighted by molar-refractivity contribution is 5.47. The van der Waals surface area contributed by atoms with E-state index in [4.69, 9.17) is 19.3 Å². The number of hydrogen-bond acceptors (Lipinski definition) is 4. The van der Waals surface area contributed by atoms with Gasteiger partial charge in [-0.3, -0.25) is 0 Å². The highest BCUT2D eigenvalue weighted by Gasteiger charge is 2.10. The molecule has 0 heterocycles. The highest BCUT2D eigenvalue weighted by Crippen LogP contribution is 2.32. The third-order valence-electron chi connectivity index (χ3n) is 5.02. The molecule has 0 saturated carbocycles. The fraction of sp³-hybridized carbons (Fsp3) is 0.308. The van der Waals surface area contributed by atoms with Crippen LogP contribution in [0.1, 0.15) is 35.6 Å². The summed E-state index contributed by atoms with van der Waals surface area (Å²) < 4.78 is 17.3. The van der Waals surface area contributed by atoms with Crippen LogP contribution >= 0.6 is 0 Å². The normalized spacial score (nSPS) is 10.7. The van der Waals surface area contributed by atoms with Gasteiger partial charge in [0.2, 0.25) is 0 Å². The molecule has 0 saturated heterocycles. The van der Waals surface area contributed by atoms with E-state index in [0.29, 0.717) is 6.61 Å². The zero-order valence-electron chi connectivity index (χ0n) is 18.0. The molecule has 3 rings (SSSR count). The van der Waals surface area contributed by atoms with Crippen LogP contribution in [0.5, 0.6) is 23.0 Å². The van der Waals surface area contributed by atoms with E-state index in [9.17, 15) is 0 Å². The molecule has 0 aliphatic carbocycles. The lowest BCUT2D eigenvalue weighted by Crippen LogP contribution is -1.98. The Labute approximate surface area is 179 Å². The highest BCUT2D eigenvalue weighted by atomic mass is 16.5. The van der Waals surface area contributed by atoms with Crippen LogP contribution in [0.2, 0.25) is 0 Å². The largest absolute Gasteiger partial charge is 0.497 e. The number of ether oxygens (including phenoxy) is 3. The lowest BCUT2D eigenvalue weighted by Gasteiger charge is -2.16. The van der Waals surface area contributed by atoms with Gasteiger partial charge in [0.05, 0.1) is 7.11 Å². The number of benzene rings is 3. The maximum Gasteiger partial charge on any atom is 0.133 e. The lowest BCUT2D eigenvalue weighted by molar-refractivity contribution is 0.288. The van der Waals surface area contributed by atoms with E-state index < -0.39 is 0 Å². The molecule has 0 radical (unpaired) electrons. The predicted molar refractivity (Wildman–Crippen MR) is 120 cm³/mol. The Morgan fingerprint density at radius 1 is 0.833 bits per heavy atom. The van der Waals surface area contributed by atoms with Crippen molar-refractivity contribution in [3.05, 3.63) is 82.9 Å². The average molecular weight is 407 g/mol. The summed E-state index contributed by atoms with van der Waals surface area (Å²) in [5.41, 5.74) is 4.62. The molecule has 0 spiro atoms. The lowest BCUT2D eigenvalue weighted by atomic mass is 10.00. The second-order valence-electron chi connectivity index (χ2n) is 7.29. The molecule has 0 bridgehead atoms. The van der Waals surface area contributed by atoms with Crippen LogP contribution in [0, 0.1) is 6.92 Å². The number of aliphatic hydroxyl groups is 1. The monoisotopic (exact) mass is 406 g/mol. The van der Waals surface area contributed by atoms with Gasteiger partial charge in [-0.1, -0.05) is 31.2 Å². The summed E-state index contributed by atoms with van der Waals surface area (Å²) in [6, 6.07) is 19.9. The molecule has 1 N–H and O–H groups in total. The van der Waals surface area contributed by atoms with Crippen LogP contribution in [0.4, 0.5) is 0 Å². The molecule has 0 aliphatic rings. The van der Waals surface area contributed by atoms with Gasteiger partial charge in [-0.15, -0.1) is 0 Å². The maximum atomic E-state index is 9.08. The number of aliphatic hydroxyl groups excluding tert-OH is 1. The van der Waals surface area contributed by atoms with E-state index in [0.717, 1.165) is 53.4 Å². The van der Waals surface area contributed by atoms with Gasteiger partial charge in [0.25, 0.3) is 0 Å². The van der Waals surface area contributed by atoms with Gasteiger partial charge in [0, 0.05) is 6.61 Å². The minimum atomic E-state index is 0.214. The zero-order chi connectivity index (χ0) is 21.3. The zero-order valence-corrected chi connectivity index (χ0v) is 18.0. The van der Waals surface area contributed by atoms with E-state index in [-0.39, 0.29) is 6.61 Å². The van der Waals surface area contributed by atoms with Gasteiger partial charge < -0.3 is 19.3 Å². The van der Waals surface area contributed by atoms with E-state index in [1.54, 1.807) is 7.11 Å². The summed E-state index contributed by atoms with van der Waals surface area (Å²) in [7, 11) is 1.66. The number of methoxy groups -OCH3 is 1. The molecule has 0 amide bonds. The molecule has 0 atom stereocenters. The quantitative estimate of drug-likeness (QED) is 0.458. The van der Waals surface area contributed by atoms with Crippen molar-refractivity contribution in [3.63, 3.8) is 0 Å². The predicted octanol–water partition coefficient (Wildman–Crippen LogP) is 5.86. The minimum Gasteiger partial charge on any atom is -0.497 e. The molecule has 0 aromatic heterocycles. The Kier molecular flexibility index (Phi) is 7.75. The van der Waals surface area contributed by atoms with Crippen molar-refractivity contribution in [1.29, 1.82) is 0 Å². The Morgan fingerprint density at radius 3 is 2.13 bits per heavy atom. The fourth-order valence-electron chi connectivity index (χ4n) is 3.37. The number of aryl methyl sites for hydroxylation is 3. The molecule has 0 fully saturated rings. The van der Waals surface area contributed by atoms with E-state index >= 15 is 0 Å². The van der Waals surface area contributed by atoms with Crippen molar-refractivity contribution < 1.29 is 19.3 Å². The van der Waals surface area contributed by atoms with Crippen LogP contribution < -0.4 is 14.2 Å². The van der Waals surface area contributed by atoms with Crippen molar-refractivity contribution >= 4 is 0 Å². The molecule has 0 aliphatic heterocycles. The third-order valence-corrected chi connectivity index (χ3v) is 5.02. The summed E-state index contributed by atoms with van der Waals surface area (Å²) in [4.78, 5) is 0. The van der Waals surface area contributed by atoms with Gasteiger partial charge in [-0.05, 0) is 84.8 Å². The van der Waals surface area contributed by atoms with Crippen molar-refractivity contribution in [2.45, 2.75) is 39.7 Å². The smallest absolute Gasteiger partial charge is 0.133 e. The summed E-state index contributed by atoms with van der Waals surface area (Å²) in [5.74, 6) is 3.33. The second-order valence-corrected chi connectivity index (χ2v) is 7.29. The first kappa shape index (κ1) is 21.7. The molecule has 158 valence electrons. The van der Waals surface area contributed by atoms with Crippen molar-refractivity contribution in [3.8, 4) is 23.0 Å². The van der Waals surface area contributed by atoms with Crippen molar-refractivity contribution in [2.75, 3.05) is 13.7 Å². The molecule has 4 nitrogen and oxygen atoms in total. The molecule has 30 heavy (non-hydrogen) atoms. The standard InChI is InChI=1S/C26H30O4/c1-4-22-17-21(6-5-15-27)16-19(2)26(22)30-25-13-11-24(12-14-25)29-18-20-7-9-23(28-3)10-8-20/h7-14,16-17,27H,4-6,15,18H2,1-3H3. The fourth-order valence-corrected chi connectivity index (χ4v) is 3.37. The number of rotatable bonds is 10.